The number of hydrogen-bond donors (Lipinski definition) is 1. The minimum absolute atomic E-state index is 0.260. The quantitative estimate of drug-likeness (QED) is 0.423. The zero-order valence-corrected chi connectivity index (χ0v) is 18.4. The van der Waals surface area contributed by atoms with Crippen LogP contribution in [0.4, 0.5) is 5.95 Å². The third-order valence-electron chi connectivity index (χ3n) is 4.84. The van der Waals surface area contributed by atoms with Crippen molar-refractivity contribution in [1.82, 2.24) is 24.8 Å². The molecule has 0 aromatic carbocycles. The van der Waals surface area contributed by atoms with Crippen LogP contribution in [-0.2, 0) is 4.74 Å². The second-order valence-corrected chi connectivity index (χ2v) is 8.35. The summed E-state index contributed by atoms with van der Waals surface area (Å²) in [5.74, 6) is 0.823. The molecule has 1 N–H and O–H groups in total. The van der Waals surface area contributed by atoms with Crippen molar-refractivity contribution in [2.75, 3.05) is 44.9 Å². The molecule has 4 rings (SSSR count). The standard InChI is InChI=1S/C21H25N7O2S/c1-15-13-18(31-16(15)2)14-23-27-20-24-19(17-3-5-22-6-4-17)25-21(26-20)30-12-9-28-7-10-29-11-8-28/h3-6,13-14H,7-12H2,1-2H3,(H,24,25,26,27)/b23-14+. The Kier molecular flexibility index (Phi) is 7.13. The average molecular weight is 440 g/mol. The summed E-state index contributed by atoms with van der Waals surface area (Å²) in [6, 6.07) is 6.05. The number of thiophene rings is 1. The summed E-state index contributed by atoms with van der Waals surface area (Å²) in [5, 5.41) is 4.29. The average Bonchev–Trinajstić information content (AvgIpc) is 3.12. The van der Waals surface area contributed by atoms with Gasteiger partial charge in [0.1, 0.15) is 6.61 Å². The molecule has 0 unspecified atom stereocenters. The molecule has 0 amide bonds. The highest BCUT2D eigenvalue weighted by molar-refractivity contribution is 7.13. The van der Waals surface area contributed by atoms with Gasteiger partial charge in [-0.2, -0.15) is 20.1 Å². The third kappa shape index (κ3) is 6.03. The molecule has 1 fully saturated rings. The summed E-state index contributed by atoms with van der Waals surface area (Å²) in [7, 11) is 0. The first-order chi connectivity index (χ1) is 15.2. The van der Waals surface area contributed by atoms with Crippen LogP contribution in [0.3, 0.4) is 0 Å². The number of nitrogens with one attached hydrogen (secondary N) is 1. The number of ether oxygens (including phenoxy) is 2. The topological polar surface area (TPSA) is 97.7 Å². The largest absolute Gasteiger partial charge is 0.462 e. The summed E-state index contributed by atoms with van der Waals surface area (Å²) in [6.07, 6.45) is 5.16. The van der Waals surface area contributed by atoms with Gasteiger partial charge in [0, 0.05) is 47.3 Å². The molecular formula is C21H25N7O2S. The molecule has 0 saturated carbocycles. The van der Waals surface area contributed by atoms with Gasteiger partial charge >= 0.3 is 6.01 Å². The summed E-state index contributed by atoms with van der Waals surface area (Å²) in [5.41, 5.74) is 4.98. The number of pyridine rings is 1. The lowest BCUT2D eigenvalue weighted by Crippen LogP contribution is -2.38. The maximum absolute atomic E-state index is 5.85. The van der Waals surface area contributed by atoms with Crippen LogP contribution in [0.5, 0.6) is 6.01 Å². The fourth-order valence-corrected chi connectivity index (χ4v) is 3.93. The van der Waals surface area contributed by atoms with Crippen LogP contribution in [0.15, 0.2) is 35.7 Å². The Bertz CT molecular complexity index is 1000. The van der Waals surface area contributed by atoms with Gasteiger partial charge in [-0.15, -0.1) is 11.3 Å². The van der Waals surface area contributed by atoms with Crippen molar-refractivity contribution in [1.29, 1.82) is 0 Å². The Hall–Kier alpha value is -2.95. The second-order valence-electron chi connectivity index (χ2n) is 7.06. The lowest BCUT2D eigenvalue weighted by atomic mass is 10.2. The van der Waals surface area contributed by atoms with E-state index in [0.29, 0.717) is 18.4 Å². The number of aryl methyl sites for hydroxylation is 2. The maximum Gasteiger partial charge on any atom is 0.321 e. The first-order valence-electron chi connectivity index (χ1n) is 10.1. The van der Waals surface area contributed by atoms with E-state index in [1.54, 1.807) is 29.9 Å². The number of hydrogen-bond acceptors (Lipinski definition) is 10. The van der Waals surface area contributed by atoms with Crippen molar-refractivity contribution in [3.05, 3.63) is 45.9 Å². The van der Waals surface area contributed by atoms with Gasteiger partial charge in [0.15, 0.2) is 5.82 Å². The second kappa shape index (κ2) is 10.4. The predicted octanol–water partition coefficient (Wildman–Crippen LogP) is 2.77. The van der Waals surface area contributed by atoms with E-state index in [0.717, 1.165) is 43.3 Å². The monoisotopic (exact) mass is 439 g/mol. The SMILES string of the molecule is Cc1cc(/C=N/Nc2nc(OCCN3CCOCC3)nc(-c3ccncc3)n2)sc1C. The van der Waals surface area contributed by atoms with Crippen molar-refractivity contribution in [3.63, 3.8) is 0 Å². The van der Waals surface area contributed by atoms with Gasteiger partial charge in [-0.25, -0.2) is 5.43 Å². The molecule has 31 heavy (non-hydrogen) atoms. The van der Waals surface area contributed by atoms with E-state index >= 15 is 0 Å². The highest BCUT2D eigenvalue weighted by atomic mass is 32.1. The zero-order valence-electron chi connectivity index (χ0n) is 17.6. The van der Waals surface area contributed by atoms with E-state index in [4.69, 9.17) is 9.47 Å². The van der Waals surface area contributed by atoms with Crippen LogP contribution in [-0.4, -0.2) is 70.5 Å². The van der Waals surface area contributed by atoms with E-state index in [9.17, 15) is 0 Å². The number of rotatable bonds is 8. The first-order valence-corrected chi connectivity index (χ1v) is 10.9. The maximum atomic E-state index is 5.85. The van der Waals surface area contributed by atoms with Crippen molar-refractivity contribution >= 4 is 23.5 Å². The molecule has 162 valence electrons. The molecule has 0 aliphatic carbocycles. The number of morpholine rings is 1. The van der Waals surface area contributed by atoms with Gasteiger partial charge in [0.05, 0.1) is 19.4 Å². The van der Waals surface area contributed by atoms with Gasteiger partial charge in [-0.05, 0) is 37.6 Å². The summed E-state index contributed by atoms with van der Waals surface area (Å²) < 4.78 is 11.2. The number of hydrazone groups is 1. The number of aromatic nitrogens is 4. The molecule has 3 aromatic rings. The molecule has 1 saturated heterocycles. The Balaban J connectivity index is 1.47. The molecule has 1 aliphatic heterocycles. The van der Waals surface area contributed by atoms with E-state index in [-0.39, 0.29) is 6.01 Å². The smallest absolute Gasteiger partial charge is 0.321 e. The molecule has 9 nitrogen and oxygen atoms in total. The van der Waals surface area contributed by atoms with Crippen LogP contribution >= 0.6 is 11.3 Å². The van der Waals surface area contributed by atoms with Crippen LogP contribution < -0.4 is 10.2 Å². The number of anilines is 1. The van der Waals surface area contributed by atoms with Crippen LogP contribution in [0.1, 0.15) is 15.3 Å². The molecule has 10 heteroatoms. The summed E-state index contributed by atoms with van der Waals surface area (Å²) >= 11 is 1.69. The minimum atomic E-state index is 0.260. The normalized spacial score (nSPS) is 14.8. The Labute approximate surface area is 185 Å². The van der Waals surface area contributed by atoms with E-state index in [2.05, 4.69) is 55.3 Å². The molecule has 3 aromatic heterocycles. The molecule has 4 heterocycles. The molecule has 0 radical (unpaired) electrons. The Morgan fingerprint density at radius 3 is 2.74 bits per heavy atom. The molecule has 0 bridgehead atoms. The third-order valence-corrected chi connectivity index (χ3v) is 5.92. The Morgan fingerprint density at radius 2 is 2.00 bits per heavy atom. The molecular weight excluding hydrogens is 414 g/mol. The lowest BCUT2D eigenvalue weighted by Gasteiger charge is -2.26. The fourth-order valence-electron chi connectivity index (χ4n) is 3.01. The Morgan fingerprint density at radius 1 is 1.19 bits per heavy atom. The minimum Gasteiger partial charge on any atom is -0.462 e. The van der Waals surface area contributed by atoms with E-state index < -0.39 is 0 Å². The molecule has 0 spiro atoms. The number of nitrogens with zero attached hydrogens (tertiary/aromatic N) is 6. The predicted molar refractivity (Wildman–Crippen MR) is 121 cm³/mol. The highest BCUT2D eigenvalue weighted by Gasteiger charge is 2.12. The van der Waals surface area contributed by atoms with Gasteiger partial charge in [-0.1, -0.05) is 0 Å². The van der Waals surface area contributed by atoms with Crippen LogP contribution in [0.2, 0.25) is 0 Å². The fraction of sp³-hybridized carbons (Fsp3) is 0.381. The molecule has 0 atom stereocenters. The van der Waals surface area contributed by atoms with Gasteiger partial charge in [0.2, 0.25) is 5.95 Å². The zero-order chi connectivity index (χ0) is 21.5. The van der Waals surface area contributed by atoms with Gasteiger partial charge in [0.25, 0.3) is 0 Å². The van der Waals surface area contributed by atoms with E-state index in [1.165, 1.54) is 10.4 Å². The molecule has 1 aliphatic rings. The summed E-state index contributed by atoms with van der Waals surface area (Å²) in [6.45, 7) is 8.79. The van der Waals surface area contributed by atoms with Crippen molar-refractivity contribution < 1.29 is 9.47 Å². The van der Waals surface area contributed by atoms with Crippen LogP contribution in [0, 0.1) is 13.8 Å². The van der Waals surface area contributed by atoms with E-state index in [1.807, 2.05) is 12.1 Å². The lowest BCUT2D eigenvalue weighted by molar-refractivity contribution is 0.0317. The summed E-state index contributed by atoms with van der Waals surface area (Å²) in [4.78, 5) is 22.0. The van der Waals surface area contributed by atoms with Crippen molar-refractivity contribution in [2.24, 2.45) is 5.10 Å². The van der Waals surface area contributed by atoms with Crippen molar-refractivity contribution in [3.8, 4) is 17.4 Å². The van der Waals surface area contributed by atoms with Gasteiger partial charge in [-0.3, -0.25) is 9.88 Å². The van der Waals surface area contributed by atoms with Crippen molar-refractivity contribution in [2.45, 2.75) is 13.8 Å². The highest BCUT2D eigenvalue weighted by Crippen LogP contribution is 2.20. The first kappa shape index (κ1) is 21.3. The van der Waals surface area contributed by atoms with Crippen LogP contribution in [0.25, 0.3) is 11.4 Å². The van der Waals surface area contributed by atoms with Gasteiger partial charge < -0.3 is 9.47 Å².